The molecule has 1 amide bonds. The SMILES string of the molecule is CCC(=O)c1cc(COc2cnc(Nc3ccc([C@H]4CCCN(C(C)=O)C4)nc3)nc2)c(Cl)c(OC)c1. The number of amides is 1. The number of halogens is 1. The molecule has 1 aliphatic rings. The maximum Gasteiger partial charge on any atom is 0.227 e. The second kappa shape index (κ2) is 12.0. The van der Waals surface area contributed by atoms with Gasteiger partial charge in [0, 0.05) is 49.2 Å². The van der Waals surface area contributed by atoms with E-state index in [1.54, 1.807) is 44.6 Å². The van der Waals surface area contributed by atoms with E-state index in [1.165, 1.54) is 7.11 Å². The molecule has 0 spiro atoms. The number of nitrogens with zero attached hydrogens (tertiary/aromatic N) is 4. The first-order chi connectivity index (χ1) is 17.9. The molecule has 4 rings (SSSR count). The number of aromatic nitrogens is 3. The summed E-state index contributed by atoms with van der Waals surface area (Å²) >= 11 is 6.41. The third-order valence-electron chi connectivity index (χ3n) is 6.33. The second-order valence-corrected chi connectivity index (χ2v) is 9.24. The van der Waals surface area contributed by atoms with Crippen LogP contribution in [0.5, 0.6) is 11.5 Å². The molecule has 0 radical (unpaired) electrons. The summed E-state index contributed by atoms with van der Waals surface area (Å²) in [5.74, 6) is 1.62. The summed E-state index contributed by atoms with van der Waals surface area (Å²) in [5.41, 5.74) is 2.89. The van der Waals surface area contributed by atoms with Gasteiger partial charge in [-0.05, 0) is 37.1 Å². The van der Waals surface area contributed by atoms with Gasteiger partial charge in [-0.1, -0.05) is 18.5 Å². The third kappa shape index (κ3) is 6.54. The molecule has 0 unspecified atom stereocenters. The molecular weight excluding hydrogens is 494 g/mol. The molecule has 1 aromatic carbocycles. The Morgan fingerprint density at radius 3 is 2.59 bits per heavy atom. The molecule has 1 atom stereocenters. The zero-order chi connectivity index (χ0) is 26.4. The van der Waals surface area contributed by atoms with E-state index < -0.39 is 0 Å². The Balaban J connectivity index is 1.36. The number of piperidine rings is 1. The van der Waals surface area contributed by atoms with E-state index in [1.807, 2.05) is 17.0 Å². The quantitative estimate of drug-likeness (QED) is 0.382. The van der Waals surface area contributed by atoms with E-state index in [4.69, 9.17) is 21.1 Å². The first kappa shape index (κ1) is 26.3. The largest absolute Gasteiger partial charge is 0.495 e. The summed E-state index contributed by atoms with van der Waals surface area (Å²) in [6, 6.07) is 7.26. The first-order valence-electron chi connectivity index (χ1n) is 12.2. The standard InChI is InChI=1S/C27H30ClN5O4/c1-4-24(35)19-10-20(26(28)25(11-19)36-3)16-37-22-13-30-27(31-14-22)32-21-7-8-23(29-12-21)18-6-5-9-33(15-18)17(2)34/h7-8,10-14,18H,4-6,9,15-16H2,1-3H3,(H,30,31,32)/t18-/m0/s1. The van der Waals surface area contributed by atoms with Crippen molar-refractivity contribution in [1.82, 2.24) is 19.9 Å². The van der Waals surface area contributed by atoms with E-state index in [0.29, 0.717) is 46.6 Å². The van der Waals surface area contributed by atoms with Crippen molar-refractivity contribution >= 4 is 34.9 Å². The molecule has 1 fully saturated rings. The Kier molecular flexibility index (Phi) is 8.55. The van der Waals surface area contributed by atoms with Crippen molar-refractivity contribution in [3.63, 3.8) is 0 Å². The number of Topliss-reactive ketones (excluding diaryl/α,β-unsaturated/α-hetero) is 1. The van der Waals surface area contributed by atoms with Crippen LogP contribution in [0, 0.1) is 0 Å². The van der Waals surface area contributed by atoms with Gasteiger partial charge in [0.05, 0.1) is 36.4 Å². The van der Waals surface area contributed by atoms with Crippen LogP contribution in [0.2, 0.25) is 5.02 Å². The molecule has 194 valence electrons. The second-order valence-electron chi connectivity index (χ2n) is 8.86. The highest BCUT2D eigenvalue weighted by Crippen LogP contribution is 2.31. The molecule has 1 N–H and O–H groups in total. The van der Waals surface area contributed by atoms with E-state index >= 15 is 0 Å². The van der Waals surface area contributed by atoms with Gasteiger partial charge in [0.15, 0.2) is 11.5 Å². The van der Waals surface area contributed by atoms with Gasteiger partial charge in [0.25, 0.3) is 0 Å². The number of carbonyl (C=O) groups excluding carboxylic acids is 2. The maximum absolute atomic E-state index is 12.2. The number of pyridine rings is 1. The van der Waals surface area contributed by atoms with Gasteiger partial charge in [-0.15, -0.1) is 0 Å². The van der Waals surface area contributed by atoms with Crippen LogP contribution in [-0.2, 0) is 11.4 Å². The summed E-state index contributed by atoms with van der Waals surface area (Å²) in [4.78, 5) is 39.0. The zero-order valence-electron chi connectivity index (χ0n) is 21.2. The maximum atomic E-state index is 12.2. The zero-order valence-corrected chi connectivity index (χ0v) is 21.9. The molecule has 0 bridgehead atoms. The number of carbonyl (C=O) groups is 2. The van der Waals surface area contributed by atoms with Crippen molar-refractivity contribution in [2.75, 3.05) is 25.5 Å². The molecule has 9 nitrogen and oxygen atoms in total. The van der Waals surface area contributed by atoms with E-state index in [2.05, 4.69) is 20.3 Å². The first-order valence-corrected chi connectivity index (χ1v) is 12.6. The van der Waals surface area contributed by atoms with Crippen molar-refractivity contribution in [3.05, 3.63) is 64.7 Å². The van der Waals surface area contributed by atoms with Crippen LogP contribution in [0.1, 0.15) is 60.6 Å². The Bertz CT molecular complexity index is 1250. The van der Waals surface area contributed by atoms with Crippen molar-refractivity contribution in [2.45, 2.75) is 45.6 Å². The Morgan fingerprint density at radius 2 is 1.95 bits per heavy atom. The van der Waals surface area contributed by atoms with Crippen LogP contribution in [0.15, 0.2) is 42.9 Å². The number of benzene rings is 1. The van der Waals surface area contributed by atoms with Crippen LogP contribution >= 0.6 is 11.6 Å². The molecule has 1 aliphatic heterocycles. The van der Waals surface area contributed by atoms with E-state index in [9.17, 15) is 9.59 Å². The number of hydrogen-bond donors (Lipinski definition) is 1. The third-order valence-corrected chi connectivity index (χ3v) is 6.76. The van der Waals surface area contributed by atoms with Gasteiger partial charge in [-0.3, -0.25) is 14.6 Å². The summed E-state index contributed by atoms with van der Waals surface area (Å²) in [5, 5.41) is 3.53. The predicted octanol–water partition coefficient (Wildman–Crippen LogP) is 5.17. The molecule has 1 saturated heterocycles. The van der Waals surface area contributed by atoms with Crippen LogP contribution in [0.3, 0.4) is 0 Å². The molecule has 10 heteroatoms. The molecule has 3 heterocycles. The lowest BCUT2D eigenvalue weighted by molar-refractivity contribution is -0.130. The number of rotatable bonds is 9. The van der Waals surface area contributed by atoms with Crippen molar-refractivity contribution < 1.29 is 19.1 Å². The van der Waals surface area contributed by atoms with Gasteiger partial charge in [0.2, 0.25) is 11.9 Å². The van der Waals surface area contributed by atoms with Gasteiger partial charge in [-0.25, -0.2) is 9.97 Å². The average molecular weight is 524 g/mol. The normalized spacial score (nSPS) is 15.2. The number of hydrogen-bond acceptors (Lipinski definition) is 8. The molecule has 0 saturated carbocycles. The lowest BCUT2D eigenvalue weighted by Crippen LogP contribution is -2.37. The molecular formula is C27H30ClN5O4. The fourth-order valence-electron chi connectivity index (χ4n) is 4.25. The van der Waals surface area contributed by atoms with Gasteiger partial charge < -0.3 is 19.7 Å². The average Bonchev–Trinajstić information content (AvgIpc) is 2.93. The summed E-state index contributed by atoms with van der Waals surface area (Å²) in [6.45, 7) is 5.06. The molecule has 3 aromatic rings. The Morgan fingerprint density at radius 1 is 1.16 bits per heavy atom. The van der Waals surface area contributed by atoms with Crippen molar-refractivity contribution in [2.24, 2.45) is 0 Å². The molecule has 0 aliphatic carbocycles. The number of ether oxygens (including phenoxy) is 2. The monoisotopic (exact) mass is 523 g/mol. The number of likely N-dealkylation sites (tertiary alicyclic amines) is 1. The Hall–Kier alpha value is -3.72. The number of ketones is 1. The highest BCUT2D eigenvalue weighted by Gasteiger charge is 2.23. The minimum Gasteiger partial charge on any atom is -0.495 e. The minimum atomic E-state index is -0.00530. The smallest absolute Gasteiger partial charge is 0.227 e. The van der Waals surface area contributed by atoms with Crippen molar-refractivity contribution in [3.8, 4) is 11.5 Å². The van der Waals surface area contributed by atoms with Crippen LogP contribution in [-0.4, -0.2) is 51.7 Å². The minimum absolute atomic E-state index is 0.00530. The van der Waals surface area contributed by atoms with Gasteiger partial charge >= 0.3 is 0 Å². The van der Waals surface area contributed by atoms with Crippen molar-refractivity contribution in [1.29, 1.82) is 0 Å². The number of methoxy groups -OCH3 is 1. The highest BCUT2D eigenvalue weighted by molar-refractivity contribution is 6.33. The van der Waals surface area contributed by atoms with Gasteiger partial charge in [0.1, 0.15) is 12.4 Å². The number of anilines is 2. The van der Waals surface area contributed by atoms with Gasteiger partial charge in [-0.2, -0.15) is 0 Å². The molecule has 37 heavy (non-hydrogen) atoms. The highest BCUT2D eigenvalue weighted by atomic mass is 35.5. The molecule has 2 aromatic heterocycles. The lowest BCUT2D eigenvalue weighted by atomic mass is 9.94. The van der Waals surface area contributed by atoms with Crippen LogP contribution in [0.25, 0.3) is 0 Å². The summed E-state index contributed by atoms with van der Waals surface area (Å²) < 4.78 is 11.1. The fourth-order valence-corrected chi connectivity index (χ4v) is 4.49. The Labute approximate surface area is 221 Å². The summed E-state index contributed by atoms with van der Waals surface area (Å²) in [6.07, 6.45) is 7.24. The van der Waals surface area contributed by atoms with E-state index in [0.717, 1.165) is 30.8 Å². The topological polar surface area (TPSA) is 107 Å². The van der Waals surface area contributed by atoms with Crippen LogP contribution < -0.4 is 14.8 Å². The lowest BCUT2D eigenvalue weighted by Gasteiger charge is -2.31. The van der Waals surface area contributed by atoms with Crippen LogP contribution in [0.4, 0.5) is 11.6 Å². The summed E-state index contributed by atoms with van der Waals surface area (Å²) in [7, 11) is 1.51. The predicted molar refractivity (Wildman–Crippen MR) is 141 cm³/mol. The number of nitrogens with one attached hydrogen (secondary N) is 1. The van der Waals surface area contributed by atoms with E-state index in [-0.39, 0.29) is 24.2 Å². The fraction of sp³-hybridized carbons (Fsp3) is 0.370.